The molecule has 0 saturated heterocycles. The maximum atomic E-state index is 9.21. The number of hydrogen-bond acceptors (Lipinski definition) is 2. The van der Waals surface area contributed by atoms with Crippen LogP contribution in [-0.4, -0.2) is 10.1 Å². The molecule has 2 N–H and O–H groups in total. The second kappa shape index (κ2) is 4.97. The Balaban J connectivity index is 1.81. The molecule has 0 aliphatic carbocycles. The number of hydrogen-bond donors (Lipinski definition) is 2. The van der Waals surface area contributed by atoms with Gasteiger partial charge in [-0.25, -0.2) is 0 Å². The summed E-state index contributed by atoms with van der Waals surface area (Å²) in [6.45, 7) is 0.487. The normalized spacial score (nSPS) is 10.8. The van der Waals surface area contributed by atoms with E-state index >= 15 is 0 Å². The van der Waals surface area contributed by atoms with Crippen molar-refractivity contribution in [3.05, 3.63) is 58.7 Å². The average molecular weight is 318 g/mol. The first-order valence-electron chi connectivity index (χ1n) is 5.90. The van der Waals surface area contributed by atoms with Crippen molar-refractivity contribution in [3.8, 4) is 11.5 Å². The van der Waals surface area contributed by atoms with E-state index in [9.17, 15) is 5.11 Å². The highest BCUT2D eigenvalue weighted by Gasteiger charge is 2.05. The molecule has 1 aromatic heterocycles. The first-order valence-corrected chi connectivity index (χ1v) is 6.69. The van der Waals surface area contributed by atoms with E-state index in [0.717, 1.165) is 26.7 Å². The minimum Gasteiger partial charge on any atom is -0.508 e. The Kier molecular flexibility index (Phi) is 3.17. The third-order valence-corrected chi connectivity index (χ3v) is 3.45. The van der Waals surface area contributed by atoms with Crippen LogP contribution in [0, 0.1) is 0 Å². The van der Waals surface area contributed by atoms with Crippen molar-refractivity contribution in [2.24, 2.45) is 0 Å². The smallest absolute Gasteiger partial charge is 0.120 e. The van der Waals surface area contributed by atoms with Crippen LogP contribution in [0.2, 0.25) is 0 Å². The molecule has 4 heteroatoms. The number of ether oxygens (including phenoxy) is 1. The summed E-state index contributed by atoms with van der Waals surface area (Å²) in [4.78, 5) is 3.22. The first kappa shape index (κ1) is 12.1. The molecule has 0 spiro atoms. The molecule has 1 heterocycles. The predicted octanol–water partition coefficient (Wildman–Crippen LogP) is 4.22. The molecule has 0 aliphatic heterocycles. The maximum absolute atomic E-state index is 9.21. The molecule has 0 unspecified atom stereocenters. The largest absolute Gasteiger partial charge is 0.508 e. The fourth-order valence-electron chi connectivity index (χ4n) is 1.97. The number of aromatic amines is 1. The summed E-state index contributed by atoms with van der Waals surface area (Å²) in [6.07, 6.45) is 1.96. The predicted molar refractivity (Wildman–Crippen MR) is 78.4 cm³/mol. The lowest BCUT2D eigenvalue weighted by Gasteiger charge is -2.05. The van der Waals surface area contributed by atoms with Crippen molar-refractivity contribution in [2.75, 3.05) is 0 Å². The SMILES string of the molecule is Oc1ccc(OCc2c[nH]c3ccc(Br)cc23)cc1. The van der Waals surface area contributed by atoms with Gasteiger partial charge in [0.15, 0.2) is 0 Å². The van der Waals surface area contributed by atoms with Crippen LogP contribution >= 0.6 is 15.9 Å². The van der Waals surface area contributed by atoms with Crippen LogP contribution in [0.25, 0.3) is 10.9 Å². The standard InChI is InChI=1S/C15H12BrNO2/c16-11-1-6-15-14(7-11)10(8-17-15)9-19-13-4-2-12(18)3-5-13/h1-8,17-18H,9H2. The number of fused-ring (bicyclic) bond motifs is 1. The number of H-pyrrole nitrogens is 1. The molecule has 0 saturated carbocycles. The van der Waals surface area contributed by atoms with Gasteiger partial charge in [0, 0.05) is 27.1 Å². The third kappa shape index (κ3) is 2.58. The number of phenols is 1. The summed E-state index contributed by atoms with van der Waals surface area (Å²) in [5, 5.41) is 10.4. The molecular formula is C15H12BrNO2. The van der Waals surface area contributed by atoms with Crippen LogP contribution in [0.15, 0.2) is 53.1 Å². The molecule has 0 atom stereocenters. The van der Waals surface area contributed by atoms with E-state index in [-0.39, 0.29) is 5.75 Å². The van der Waals surface area contributed by atoms with Crippen molar-refractivity contribution in [3.63, 3.8) is 0 Å². The van der Waals surface area contributed by atoms with Crippen LogP contribution in [0.3, 0.4) is 0 Å². The van der Waals surface area contributed by atoms with Gasteiger partial charge in [0.05, 0.1) is 0 Å². The Hall–Kier alpha value is -1.94. The maximum Gasteiger partial charge on any atom is 0.120 e. The number of aromatic hydroxyl groups is 1. The zero-order chi connectivity index (χ0) is 13.2. The van der Waals surface area contributed by atoms with Crippen LogP contribution in [-0.2, 0) is 6.61 Å². The zero-order valence-corrected chi connectivity index (χ0v) is 11.6. The van der Waals surface area contributed by atoms with Gasteiger partial charge in [-0.3, -0.25) is 0 Å². The highest BCUT2D eigenvalue weighted by molar-refractivity contribution is 9.10. The fourth-order valence-corrected chi connectivity index (χ4v) is 2.33. The van der Waals surface area contributed by atoms with E-state index in [1.807, 2.05) is 18.3 Å². The zero-order valence-electron chi connectivity index (χ0n) is 10.1. The van der Waals surface area contributed by atoms with Crippen molar-refractivity contribution in [2.45, 2.75) is 6.61 Å². The molecule has 96 valence electrons. The molecule has 2 aromatic carbocycles. The molecule has 0 bridgehead atoms. The number of phenolic OH excluding ortho intramolecular Hbond substituents is 1. The van der Waals surface area contributed by atoms with Gasteiger partial charge in [-0.15, -0.1) is 0 Å². The highest BCUT2D eigenvalue weighted by Crippen LogP contribution is 2.24. The molecule has 3 aromatic rings. The third-order valence-electron chi connectivity index (χ3n) is 2.96. The lowest BCUT2D eigenvalue weighted by Crippen LogP contribution is -1.93. The molecule has 3 rings (SSSR count). The van der Waals surface area contributed by atoms with Gasteiger partial charge in [0.2, 0.25) is 0 Å². The van der Waals surface area contributed by atoms with E-state index in [1.54, 1.807) is 24.3 Å². The van der Waals surface area contributed by atoms with Crippen LogP contribution < -0.4 is 4.74 Å². The van der Waals surface area contributed by atoms with Crippen LogP contribution in [0.4, 0.5) is 0 Å². The Morgan fingerprint density at radius 2 is 1.89 bits per heavy atom. The van der Waals surface area contributed by atoms with Gasteiger partial charge >= 0.3 is 0 Å². The fraction of sp³-hybridized carbons (Fsp3) is 0.0667. The van der Waals surface area contributed by atoms with E-state index in [1.165, 1.54) is 0 Å². The summed E-state index contributed by atoms with van der Waals surface area (Å²) in [7, 11) is 0. The number of rotatable bonds is 3. The molecule has 0 amide bonds. The number of aromatic nitrogens is 1. The second-order valence-electron chi connectivity index (χ2n) is 4.29. The van der Waals surface area contributed by atoms with Gasteiger partial charge in [0.25, 0.3) is 0 Å². The molecule has 0 radical (unpaired) electrons. The first-order chi connectivity index (χ1) is 9.22. The van der Waals surface area contributed by atoms with E-state index in [0.29, 0.717) is 6.61 Å². The highest BCUT2D eigenvalue weighted by atomic mass is 79.9. The molecule has 19 heavy (non-hydrogen) atoms. The van der Waals surface area contributed by atoms with Crippen molar-refractivity contribution >= 4 is 26.8 Å². The van der Waals surface area contributed by atoms with Crippen LogP contribution in [0.5, 0.6) is 11.5 Å². The number of nitrogens with one attached hydrogen (secondary N) is 1. The second-order valence-corrected chi connectivity index (χ2v) is 5.20. The summed E-state index contributed by atoms with van der Waals surface area (Å²) in [5.41, 5.74) is 2.19. The summed E-state index contributed by atoms with van der Waals surface area (Å²) in [6, 6.07) is 12.8. The Labute approximate surface area is 119 Å². The minimum atomic E-state index is 0.239. The summed E-state index contributed by atoms with van der Waals surface area (Å²) < 4.78 is 6.75. The number of halogens is 1. The van der Waals surface area contributed by atoms with E-state index in [2.05, 4.69) is 27.0 Å². The Bertz CT molecular complexity index is 704. The van der Waals surface area contributed by atoms with E-state index in [4.69, 9.17) is 4.74 Å². The van der Waals surface area contributed by atoms with Gasteiger partial charge in [-0.1, -0.05) is 15.9 Å². The Morgan fingerprint density at radius 3 is 2.68 bits per heavy atom. The number of benzene rings is 2. The average Bonchev–Trinajstić information content (AvgIpc) is 2.80. The summed E-state index contributed by atoms with van der Waals surface area (Å²) in [5.74, 6) is 0.977. The molecular weight excluding hydrogens is 306 g/mol. The monoisotopic (exact) mass is 317 g/mol. The molecule has 0 fully saturated rings. The van der Waals surface area contributed by atoms with Crippen molar-refractivity contribution in [1.29, 1.82) is 0 Å². The van der Waals surface area contributed by atoms with Gasteiger partial charge in [-0.05, 0) is 42.5 Å². The quantitative estimate of drug-likeness (QED) is 0.759. The lowest BCUT2D eigenvalue weighted by atomic mass is 10.2. The minimum absolute atomic E-state index is 0.239. The molecule has 0 aliphatic rings. The topological polar surface area (TPSA) is 45.2 Å². The molecule has 3 nitrogen and oxygen atoms in total. The van der Waals surface area contributed by atoms with Gasteiger partial charge < -0.3 is 14.8 Å². The van der Waals surface area contributed by atoms with Crippen LogP contribution in [0.1, 0.15) is 5.56 Å². The van der Waals surface area contributed by atoms with Gasteiger partial charge in [-0.2, -0.15) is 0 Å². The summed E-state index contributed by atoms with van der Waals surface area (Å²) >= 11 is 3.47. The van der Waals surface area contributed by atoms with Gasteiger partial charge in [0.1, 0.15) is 18.1 Å². The van der Waals surface area contributed by atoms with E-state index < -0.39 is 0 Å². The lowest BCUT2D eigenvalue weighted by molar-refractivity contribution is 0.307. The van der Waals surface area contributed by atoms with Crippen molar-refractivity contribution < 1.29 is 9.84 Å². The Morgan fingerprint density at radius 1 is 1.11 bits per heavy atom. The van der Waals surface area contributed by atoms with Crippen molar-refractivity contribution in [1.82, 2.24) is 4.98 Å².